The Morgan fingerprint density at radius 1 is 1.00 bits per heavy atom. The number of ether oxygens (including phenoxy) is 2. The van der Waals surface area contributed by atoms with Crippen LogP contribution in [0, 0.1) is 0 Å². The first-order chi connectivity index (χ1) is 16.8. The summed E-state index contributed by atoms with van der Waals surface area (Å²) in [6.07, 6.45) is -3.50. The molecule has 0 spiro atoms. The Labute approximate surface area is 200 Å². The molecule has 8 heteroatoms. The molecule has 0 aliphatic heterocycles. The molecule has 182 valence electrons. The van der Waals surface area contributed by atoms with Crippen molar-refractivity contribution in [1.29, 1.82) is 0 Å². The van der Waals surface area contributed by atoms with Crippen molar-refractivity contribution < 1.29 is 27.4 Å². The second-order valence-corrected chi connectivity index (χ2v) is 8.01. The van der Waals surface area contributed by atoms with Gasteiger partial charge in [0.1, 0.15) is 12.4 Å². The normalized spacial score (nSPS) is 11.6. The highest BCUT2D eigenvalue weighted by molar-refractivity contribution is 5.96. The first-order valence-electron chi connectivity index (χ1n) is 11.2. The monoisotopic (exact) mass is 482 g/mol. The molecule has 0 aliphatic carbocycles. The minimum atomic E-state index is -4.57. The average molecular weight is 483 g/mol. The van der Waals surface area contributed by atoms with Crippen molar-refractivity contribution in [3.8, 4) is 16.9 Å². The van der Waals surface area contributed by atoms with Crippen LogP contribution in [-0.4, -0.2) is 17.1 Å². The Kier molecular flexibility index (Phi) is 7.12. The fraction of sp³-hybridized carbons (Fsp3) is 0.222. The predicted octanol–water partition coefficient (Wildman–Crippen LogP) is 5.93. The van der Waals surface area contributed by atoms with Gasteiger partial charge in [0.25, 0.3) is 0 Å². The number of carbonyl (C=O) groups excluding carboxylic acids is 1. The van der Waals surface area contributed by atoms with Crippen LogP contribution < -0.4 is 10.5 Å². The molecule has 4 rings (SSSR count). The van der Waals surface area contributed by atoms with E-state index in [0.29, 0.717) is 38.9 Å². The van der Waals surface area contributed by atoms with Gasteiger partial charge in [-0.2, -0.15) is 0 Å². The lowest BCUT2D eigenvalue weighted by Crippen LogP contribution is -2.15. The molecule has 2 N–H and O–H groups in total. The minimum absolute atomic E-state index is 0.0163. The topological polar surface area (TPSA) is 66.5 Å². The lowest BCUT2D eigenvalue weighted by Gasteiger charge is -2.15. The Bertz CT molecular complexity index is 1350. The van der Waals surface area contributed by atoms with E-state index in [1.165, 1.54) is 12.1 Å². The number of hydrogen-bond acceptors (Lipinski definition) is 4. The highest BCUT2D eigenvalue weighted by Gasteiger charge is 2.32. The van der Waals surface area contributed by atoms with Crippen LogP contribution in [0.15, 0.2) is 72.9 Å². The summed E-state index contributed by atoms with van der Waals surface area (Å²) < 4.78 is 52.4. The number of fused-ring (bicyclic) bond motifs is 1. The van der Waals surface area contributed by atoms with Gasteiger partial charge in [-0.05, 0) is 59.5 Å². The largest absolute Gasteiger partial charge is 0.489 e. The van der Waals surface area contributed by atoms with Crippen LogP contribution in [0.1, 0.15) is 23.6 Å². The number of benzene rings is 3. The molecule has 0 saturated heterocycles. The zero-order valence-electron chi connectivity index (χ0n) is 19.1. The molecule has 0 atom stereocenters. The molecule has 0 unspecified atom stereocenters. The molecule has 4 aromatic rings. The predicted molar refractivity (Wildman–Crippen MR) is 128 cm³/mol. The fourth-order valence-corrected chi connectivity index (χ4v) is 4.03. The third kappa shape index (κ3) is 5.49. The van der Waals surface area contributed by atoms with Gasteiger partial charge in [0.15, 0.2) is 0 Å². The van der Waals surface area contributed by atoms with Gasteiger partial charge in [0.05, 0.1) is 18.5 Å². The van der Waals surface area contributed by atoms with Crippen molar-refractivity contribution in [2.75, 3.05) is 6.61 Å². The van der Waals surface area contributed by atoms with E-state index < -0.39 is 6.30 Å². The van der Waals surface area contributed by atoms with Gasteiger partial charge in [0, 0.05) is 23.7 Å². The maximum absolute atomic E-state index is 13.7. The summed E-state index contributed by atoms with van der Waals surface area (Å²) in [7, 11) is 0. The Hall–Kier alpha value is -3.78. The minimum Gasteiger partial charge on any atom is -0.489 e. The molecular formula is C27H25F3N2O3. The molecule has 0 amide bonds. The van der Waals surface area contributed by atoms with Crippen LogP contribution in [0.25, 0.3) is 22.0 Å². The van der Waals surface area contributed by atoms with Crippen molar-refractivity contribution in [1.82, 2.24) is 4.57 Å². The summed E-state index contributed by atoms with van der Waals surface area (Å²) >= 11 is 0. The summed E-state index contributed by atoms with van der Waals surface area (Å²) in [6.45, 7) is 2.34. The van der Waals surface area contributed by atoms with Crippen molar-refractivity contribution in [3.05, 3.63) is 89.6 Å². The Balaban J connectivity index is 1.73. The molecule has 5 nitrogen and oxygen atoms in total. The molecule has 35 heavy (non-hydrogen) atoms. The fourth-order valence-electron chi connectivity index (χ4n) is 4.03. The number of rotatable bonds is 8. The van der Waals surface area contributed by atoms with Gasteiger partial charge in [-0.15, -0.1) is 13.2 Å². The number of hydrogen-bond donors (Lipinski definition) is 1. The van der Waals surface area contributed by atoms with Gasteiger partial charge < -0.3 is 15.2 Å². The third-order valence-corrected chi connectivity index (χ3v) is 5.62. The van der Waals surface area contributed by atoms with Gasteiger partial charge in [-0.25, -0.2) is 0 Å². The molecular weight excluding hydrogens is 457 g/mol. The second kappa shape index (κ2) is 10.2. The SMILES string of the molecule is CCOC(=O)Cc1ccccc1OCc1cc(-c2cccc(CN)c2)c2ccn(C(F)(F)F)c2c1. The summed E-state index contributed by atoms with van der Waals surface area (Å²) in [4.78, 5) is 11.9. The summed E-state index contributed by atoms with van der Waals surface area (Å²) in [5, 5.41) is 0.475. The van der Waals surface area contributed by atoms with Gasteiger partial charge >= 0.3 is 12.3 Å². The highest BCUT2D eigenvalue weighted by atomic mass is 19.4. The summed E-state index contributed by atoms with van der Waals surface area (Å²) in [5.74, 6) is 0.0913. The standard InChI is InChI=1S/C27H25F3N2O3/c1-2-34-26(33)15-21-7-3-4-9-25(21)35-17-19-13-23(20-8-5-6-18(12-20)16-31)22-10-11-32(24(22)14-19)27(28,29)30/h3-14H,2,15-17,31H2,1H3. The van der Waals surface area contributed by atoms with E-state index in [4.69, 9.17) is 15.2 Å². The maximum Gasteiger partial charge on any atom is 0.488 e. The molecule has 3 aromatic carbocycles. The smallest absolute Gasteiger partial charge is 0.488 e. The first-order valence-corrected chi connectivity index (χ1v) is 11.2. The molecule has 0 bridgehead atoms. The van der Waals surface area contributed by atoms with Gasteiger partial charge in [-0.1, -0.05) is 36.4 Å². The molecule has 0 fully saturated rings. The second-order valence-electron chi connectivity index (χ2n) is 8.01. The van der Waals surface area contributed by atoms with Crippen molar-refractivity contribution in [2.45, 2.75) is 32.8 Å². The Morgan fingerprint density at radius 3 is 2.54 bits per heavy atom. The van der Waals surface area contributed by atoms with Crippen LogP contribution in [0.3, 0.4) is 0 Å². The lowest BCUT2D eigenvalue weighted by molar-refractivity contribution is -0.200. The number of carbonyl (C=O) groups is 1. The van der Waals surface area contributed by atoms with E-state index in [2.05, 4.69) is 0 Å². The number of nitrogens with zero attached hydrogens (tertiary/aromatic N) is 1. The van der Waals surface area contributed by atoms with Crippen LogP contribution >= 0.6 is 0 Å². The van der Waals surface area contributed by atoms with Gasteiger partial charge in [-0.3, -0.25) is 9.36 Å². The van der Waals surface area contributed by atoms with E-state index in [1.807, 2.05) is 30.3 Å². The molecule has 0 aliphatic rings. The Morgan fingerprint density at radius 2 is 1.80 bits per heavy atom. The first kappa shape index (κ1) is 24.3. The van der Waals surface area contributed by atoms with Crippen LogP contribution in [0.5, 0.6) is 5.75 Å². The number of aromatic nitrogens is 1. The van der Waals surface area contributed by atoms with Crippen LogP contribution in [0.2, 0.25) is 0 Å². The van der Waals surface area contributed by atoms with Crippen LogP contribution in [-0.2, 0) is 35.4 Å². The van der Waals surface area contributed by atoms with E-state index >= 15 is 0 Å². The zero-order valence-corrected chi connectivity index (χ0v) is 19.1. The number of nitrogens with two attached hydrogens (primary N) is 1. The maximum atomic E-state index is 13.7. The summed E-state index contributed by atoms with van der Waals surface area (Å²) in [6, 6.07) is 19.2. The number of halogens is 3. The molecule has 1 heterocycles. The number of para-hydroxylation sites is 1. The lowest BCUT2D eigenvalue weighted by atomic mass is 9.97. The number of esters is 1. The quantitative estimate of drug-likeness (QED) is 0.316. The van der Waals surface area contributed by atoms with E-state index in [1.54, 1.807) is 31.2 Å². The van der Waals surface area contributed by atoms with E-state index in [9.17, 15) is 18.0 Å². The van der Waals surface area contributed by atoms with Crippen molar-refractivity contribution >= 4 is 16.9 Å². The van der Waals surface area contributed by atoms with Crippen LogP contribution in [0.4, 0.5) is 13.2 Å². The number of alkyl halides is 3. The van der Waals surface area contributed by atoms with Gasteiger partial charge in [0.2, 0.25) is 0 Å². The molecule has 0 radical (unpaired) electrons. The van der Waals surface area contributed by atoms with E-state index in [-0.39, 0.29) is 31.1 Å². The molecule has 0 saturated carbocycles. The van der Waals surface area contributed by atoms with E-state index in [0.717, 1.165) is 17.3 Å². The van der Waals surface area contributed by atoms with Crippen molar-refractivity contribution in [2.24, 2.45) is 5.73 Å². The average Bonchev–Trinajstić information content (AvgIpc) is 3.28. The zero-order chi connectivity index (χ0) is 25.0. The molecule has 1 aromatic heterocycles. The highest BCUT2D eigenvalue weighted by Crippen LogP contribution is 2.36. The summed E-state index contributed by atoms with van der Waals surface area (Å²) in [5.41, 5.74) is 9.30. The van der Waals surface area contributed by atoms with Crippen molar-refractivity contribution in [3.63, 3.8) is 0 Å². The third-order valence-electron chi connectivity index (χ3n) is 5.62.